The van der Waals surface area contributed by atoms with Crippen molar-refractivity contribution >= 4 is 10.9 Å². The van der Waals surface area contributed by atoms with Crippen molar-refractivity contribution in [2.24, 2.45) is 0 Å². The van der Waals surface area contributed by atoms with Crippen LogP contribution in [0.2, 0.25) is 0 Å². The summed E-state index contributed by atoms with van der Waals surface area (Å²) in [4.78, 5) is 11.8. The first-order chi connectivity index (χ1) is 12.3. The van der Waals surface area contributed by atoms with Gasteiger partial charge in [-0.05, 0) is 38.1 Å². The zero-order valence-corrected chi connectivity index (χ0v) is 14.6. The molecule has 25 heavy (non-hydrogen) atoms. The minimum absolute atomic E-state index is 0.500. The van der Waals surface area contributed by atoms with Crippen molar-refractivity contribution in [2.45, 2.75) is 18.8 Å². The predicted molar refractivity (Wildman–Crippen MR) is 99.2 cm³/mol. The highest BCUT2D eigenvalue weighted by atomic mass is 16.5. The molecule has 1 saturated heterocycles. The Morgan fingerprint density at radius 3 is 2.84 bits per heavy atom. The molecule has 0 radical (unpaired) electrons. The van der Waals surface area contributed by atoms with Crippen LogP contribution in [0.3, 0.4) is 0 Å². The maximum Gasteiger partial charge on any atom is 0.116 e. The summed E-state index contributed by atoms with van der Waals surface area (Å²) in [6.45, 7) is 4.04. The number of methoxy groups -OCH3 is 1. The number of likely N-dealkylation sites (tertiary alicyclic amines) is 1. The van der Waals surface area contributed by atoms with Gasteiger partial charge in [-0.3, -0.25) is 4.98 Å². The fraction of sp³-hybridized carbons (Fsp3) is 0.400. The average Bonchev–Trinajstić information content (AvgIpc) is 3.16. The van der Waals surface area contributed by atoms with E-state index in [-0.39, 0.29) is 0 Å². The second-order valence-electron chi connectivity index (χ2n) is 6.65. The lowest BCUT2D eigenvalue weighted by Gasteiger charge is -2.31. The molecule has 1 aromatic carbocycles. The topological polar surface area (TPSA) is 43.2 Å². The minimum atomic E-state index is 0.500. The lowest BCUT2D eigenvalue weighted by molar-refractivity contribution is 0.129. The molecule has 2 aromatic heterocycles. The molecule has 130 valence electrons. The van der Waals surface area contributed by atoms with E-state index in [1.807, 2.05) is 24.5 Å². The van der Waals surface area contributed by atoms with Crippen molar-refractivity contribution in [1.29, 1.82) is 0 Å². The molecule has 0 bridgehead atoms. The predicted octanol–water partition coefficient (Wildman–Crippen LogP) is 3.25. The summed E-state index contributed by atoms with van der Waals surface area (Å²) in [5.74, 6) is 1.66. The van der Waals surface area contributed by atoms with Gasteiger partial charge in [0.15, 0.2) is 0 Å². The Morgan fingerprint density at radius 2 is 2.00 bits per heavy atom. The van der Waals surface area contributed by atoms with Crippen LogP contribution in [0, 0.1) is 0 Å². The number of pyridine rings is 1. The van der Waals surface area contributed by atoms with Crippen LogP contribution in [0.25, 0.3) is 16.6 Å². The number of fused-ring (bicyclic) bond motifs is 1. The van der Waals surface area contributed by atoms with Gasteiger partial charge in [-0.25, -0.2) is 4.98 Å². The number of aromatic nitrogens is 3. The summed E-state index contributed by atoms with van der Waals surface area (Å²) in [7, 11) is 1.77. The van der Waals surface area contributed by atoms with E-state index < -0.39 is 0 Å². The van der Waals surface area contributed by atoms with Crippen molar-refractivity contribution < 1.29 is 4.74 Å². The van der Waals surface area contributed by atoms with Crippen LogP contribution in [0.1, 0.15) is 24.6 Å². The fourth-order valence-electron chi connectivity index (χ4n) is 3.66. The van der Waals surface area contributed by atoms with Gasteiger partial charge in [0.1, 0.15) is 5.82 Å². The monoisotopic (exact) mass is 336 g/mol. The van der Waals surface area contributed by atoms with Crippen LogP contribution in [-0.2, 0) is 4.74 Å². The Morgan fingerprint density at radius 1 is 1.16 bits per heavy atom. The molecular weight excluding hydrogens is 312 g/mol. The van der Waals surface area contributed by atoms with Gasteiger partial charge in [0.05, 0.1) is 24.0 Å². The van der Waals surface area contributed by atoms with Crippen LogP contribution >= 0.6 is 0 Å². The van der Waals surface area contributed by atoms with Crippen molar-refractivity contribution in [3.63, 3.8) is 0 Å². The minimum Gasteiger partial charge on any atom is -0.383 e. The molecule has 0 atom stereocenters. The van der Waals surface area contributed by atoms with Crippen LogP contribution in [0.5, 0.6) is 0 Å². The fourth-order valence-corrected chi connectivity index (χ4v) is 3.66. The van der Waals surface area contributed by atoms with E-state index in [4.69, 9.17) is 4.74 Å². The van der Waals surface area contributed by atoms with Gasteiger partial charge < -0.3 is 14.2 Å². The smallest absolute Gasteiger partial charge is 0.116 e. The molecule has 0 amide bonds. The summed E-state index contributed by atoms with van der Waals surface area (Å²) >= 11 is 0. The maximum atomic E-state index is 5.19. The van der Waals surface area contributed by atoms with Crippen molar-refractivity contribution in [1.82, 2.24) is 19.4 Å². The van der Waals surface area contributed by atoms with E-state index in [2.05, 4.69) is 43.8 Å². The zero-order valence-electron chi connectivity index (χ0n) is 14.6. The quantitative estimate of drug-likeness (QED) is 0.717. The summed E-state index contributed by atoms with van der Waals surface area (Å²) in [6, 6.07) is 10.4. The Labute approximate surface area is 148 Å². The molecule has 5 nitrogen and oxygen atoms in total. The van der Waals surface area contributed by atoms with E-state index >= 15 is 0 Å². The molecule has 0 N–H and O–H groups in total. The third-order valence-corrected chi connectivity index (χ3v) is 5.09. The summed E-state index contributed by atoms with van der Waals surface area (Å²) in [6.07, 6.45) is 8.19. The van der Waals surface area contributed by atoms with Crippen LogP contribution in [-0.4, -0.2) is 52.8 Å². The molecule has 1 aliphatic heterocycles. The number of nitrogens with zero attached hydrogens (tertiary/aromatic N) is 4. The molecule has 0 unspecified atom stereocenters. The number of imidazole rings is 1. The average molecular weight is 336 g/mol. The molecule has 1 aliphatic rings. The number of para-hydroxylation sites is 1. The number of hydrogen-bond donors (Lipinski definition) is 0. The van der Waals surface area contributed by atoms with E-state index in [0.29, 0.717) is 5.92 Å². The summed E-state index contributed by atoms with van der Waals surface area (Å²) < 4.78 is 7.39. The normalized spacial score (nSPS) is 16.5. The zero-order chi connectivity index (χ0) is 17.1. The molecular formula is C20H24N4O. The van der Waals surface area contributed by atoms with E-state index in [9.17, 15) is 0 Å². The number of benzene rings is 1. The van der Waals surface area contributed by atoms with Gasteiger partial charge >= 0.3 is 0 Å². The molecule has 5 heteroatoms. The van der Waals surface area contributed by atoms with Gasteiger partial charge in [0, 0.05) is 37.4 Å². The molecule has 0 aliphatic carbocycles. The van der Waals surface area contributed by atoms with Crippen molar-refractivity contribution in [2.75, 3.05) is 33.4 Å². The molecule has 1 fully saturated rings. The highest BCUT2D eigenvalue weighted by Gasteiger charge is 2.24. The van der Waals surface area contributed by atoms with Gasteiger partial charge in [0.25, 0.3) is 0 Å². The first kappa shape index (κ1) is 16.2. The molecule has 0 spiro atoms. The van der Waals surface area contributed by atoms with Gasteiger partial charge in [-0.15, -0.1) is 0 Å². The lowest BCUT2D eigenvalue weighted by Crippen LogP contribution is -2.35. The molecule has 4 rings (SSSR count). The van der Waals surface area contributed by atoms with Gasteiger partial charge in [-0.2, -0.15) is 0 Å². The third-order valence-electron chi connectivity index (χ3n) is 5.09. The number of ether oxygens (including phenoxy) is 1. The van der Waals surface area contributed by atoms with Crippen molar-refractivity contribution in [3.05, 3.63) is 54.7 Å². The van der Waals surface area contributed by atoms with Gasteiger partial charge in [-0.1, -0.05) is 18.2 Å². The largest absolute Gasteiger partial charge is 0.383 e. The summed E-state index contributed by atoms with van der Waals surface area (Å²) in [5.41, 5.74) is 2.12. The number of rotatable bonds is 5. The third kappa shape index (κ3) is 3.43. The Balaban J connectivity index is 1.54. The highest BCUT2D eigenvalue weighted by Crippen LogP contribution is 2.29. The van der Waals surface area contributed by atoms with Crippen molar-refractivity contribution in [3.8, 4) is 5.69 Å². The summed E-state index contributed by atoms with van der Waals surface area (Å²) in [5, 5.41) is 1.16. The standard InChI is InChI=1S/C20H24N4O/c1-25-13-12-23-9-6-16(7-10-23)20-21-8-11-24(20)18-14-17-4-2-3-5-19(17)22-15-18/h2-5,8,11,14-16H,6-7,9-10,12-13H2,1H3. The van der Waals surface area contributed by atoms with Crippen LogP contribution < -0.4 is 0 Å². The van der Waals surface area contributed by atoms with Gasteiger partial charge in [0.2, 0.25) is 0 Å². The number of hydrogen-bond acceptors (Lipinski definition) is 4. The maximum absolute atomic E-state index is 5.19. The Hall–Kier alpha value is -2.24. The molecule has 3 heterocycles. The van der Waals surface area contributed by atoms with E-state index in [1.54, 1.807) is 7.11 Å². The second-order valence-corrected chi connectivity index (χ2v) is 6.65. The lowest BCUT2D eigenvalue weighted by atomic mass is 9.96. The number of piperidine rings is 1. The molecule has 3 aromatic rings. The second kappa shape index (κ2) is 7.33. The van der Waals surface area contributed by atoms with Crippen LogP contribution in [0.15, 0.2) is 48.9 Å². The molecule has 0 saturated carbocycles. The SMILES string of the molecule is COCCN1CCC(c2nccn2-c2cnc3ccccc3c2)CC1. The van der Waals surface area contributed by atoms with E-state index in [1.165, 1.54) is 0 Å². The highest BCUT2D eigenvalue weighted by molar-refractivity contribution is 5.80. The first-order valence-corrected chi connectivity index (χ1v) is 8.95. The van der Waals surface area contributed by atoms with Crippen LogP contribution in [0.4, 0.5) is 0 Å². The van der Waals surface area contributed by atoms with E-state index in [0.717, 1.165) is 61.5 Å². The Bertz CT molecular complexity index is 836. The first-order valence-electron chi connectivity index (χ1n) is 8.95. The Kier molecular flexibility index (Phi) is 4.76.